The first-order valence-corrected chi connectivity index (χ1v) is 9.58. The summed E-state index contributed by atoms with van der Waals surface area (Å²) in [4.78, 5) is 0.0671. The highest BCUT2D eigenvalue weighted by Crippen LogP contribution is 2.42. The lowest BCUT2D eigenvalue weighted by atomic mass is 9.86. The van der Waals surface area contributed by atoms with E-state index in [0.717, 1.165) is 17.7 Å². The molecule has 2 aromatic rings. The Morgan fingerprint density at radius 3 is 2.36 bits per heavy atom. The van der Waals surface area contributed by atoms with Gasteiger partial charge in [0.1, 0.15) is 18.2 Å². The molecule has 25 heavy (non-hydrogen) atoms. The largest absolute Gasteiger partial charge is 0.489 e. The molecule has 2 aromatic carbocycles. The molecule has 0 aromatic heterocycles. The lowest BCUT2D eigenvalue weighted by molar-refractivity contribution is 0.193. The van der Waals surface area contributed by atoms with Crippen LogP contribution in [0.5, 0.6) is 5.75 Å². The number of fused-ring (bicyclic) bond motifs is 1. The maximum atomic E-state index is 13.4. The fourth-order valence-corrected chi connectivity index (χ4v) is 4.77. The van der Waals surface area contributed by atoms with E-state index in [2.05, 4.69) is 0 Å². The summed E-state index contributed by atoms with van der Waals surface area (Å²) in [5.41, 5.74) is 1.13. The number of ether oxygens (including phenoxy) is 1. The second-order valence-electron chi connectivity index (χ2n) is 7.42. The van der Waals surface area contributed by atoms with Crippen LogP contribution in [0.4, 0.5) is 10.1 Å². The topological polar surface area (TPSA) is 46.6 Å². The predicted octanol–water partition coefficient (Wildman–Crippen LogP) is 4.14. The molecule has 3 rings (SSSR count). The number of rotatable bonds is 2. The number of hydrogen-bond acceptors (Lipinski definition) is 3. The monoisotopic (exact) mass is 363 g/mol. The second-order valence-corrected chi connectivity index (χ2v) is 9.23. The van der Waals surface area contributed by atoms with Gasteiger partial charge >= 0.3 is 0 Å². The Morgan fingerprint density at radius 1 is 1.12 bits per heavy atom. The average molecular weight is 363 g/mol. The van der Waals surface area contributed by atoms with Crippen molar-refractivity contribution in [3.05, 3.63) is 53.8 Å². The van der Waals surface area contributed by atoms with Crippen molar-refractivity contribution in [1.29, 1.82) is 0 Å². The van der Waals surface area contributed by atoms with Crippen molar-refractivity contribution < 1.29 is 17.5 Å². The first-order chi connectivity index (χ1) is 11.6. The van der Waals surface area contributed by atoms with Gasteiger partial charge in [-0.2, -0.15) is 0 Å². The smallest absolute Gasteiger partial charge is 0.264 e. The lowest BCUT2D eigenvalue weighted by Gasteiger charge is -2.43. The molecule has 0 aliphatic carbocycles. The Balaban J connectivity index is 2.21. The van der Waals surface area contributed by atoms with E-state index in [1.54, 1.807) is 6.07 Å². The van der Waals surface area contributed by atoms with E-state index in [-0.39, 0.29) is 23.0 Å². The Morgan fingerprint density at radius 2 is 1.76 bits per heavy atom. The van der Waals surface area contributed by atoms with Gasteiger partial charge < -0.3 is 4.74 Å². The highest BCUT2D eigenvalue weighted by Gasteiger charge is 2.42. The predicted molar refractivity (Wildman–Crippen MR) is 96.0 cm³/mol. The quantitative estimate of drug-likeness (QED) is 0.806. The van der Waals surface area contributed by atoms with Gasteiger partial charge in [0, 0.05) is 0 Å². The molecule has 0 saturated heterocycles. The first kappa shape index (κ1) is 17.7. The van der Waals surface area contributed by atoms with Crippen LogP contribution in [0.1, 0.15) is 26.3 Å². The summed E-state index contributed by atoms with van der Waals surface area (Å²) in [7, 11) is -3.85. The number of benzene rings is 2. The zero-order valence-corrected chi connectivity index (χ0v) is 15.6. The summed E-state index contributed by atoms with van der Waals surface area (Å²) in [6, 6.07) is 10.0. The van der Waals surface area contributed by atoms with Crippen LogP contribution in [0.25, 0.3) is 0 Å². The molecule has 0 bridgehead atoms. The molecule has 0 spiro atoms. The van der Waals surface area contributed by atoms with Crippen LogP contribution in [-0.2, 0) is 10.0 Å². The van der Waals surface area contributed by atoms with Crippen LogP contribution in [-0.4, -0.2) is 21.1 Å². The molecule has 134 valence electrons. The van der Waals surface area contributed by atoms with Crippen molar-refractivity contribution in [2.45, 2.75) is 38.6 Å². The van der Waals surface area contributed by atoms with Gasteiger partial charge in [-0.15, -0.1) is 0 Å². The Labute approximate surface area is 148 Å². The maximum Gasteiger partial charge on any atom is 0.264 e. The van der Waals surface area contributed by atoms with Crippen LogP contribution in [0.3, 0.4) is 0 Å². The summed E-state index contributed by atoms with van der Waals surface area (Å²) in [6.07, 6.45) is 0. The Hall–Kier alpha value is -2.08. The number of nitrogens with zero attached hydrogens (tertiary/aromatic N) is 1. The minimum atomic E-state index is -3.85. The van der Waals surface area contributed by atoms with Gasteiger partial charge in [0.15, 0.2) is 0 Å². The SMILES string of the molecule is Cc1ccc2c(c1)N(S(=O)(=O)c1ccc(F)cc1)[C@@H](C(C)(C)C)CO2. The van der Waals surface area contributed by atoms with E-state index in [0.29, 0.717) is 11.4 Å². The van der Waals surface area contributed by atoms with Crippen LogP contribution in [0, 0.1) is 18.2 Å². The zero-order valence-electron chi connectivity index (χ0n) is 14.8. The van der Waals surface area contributed by atoms with E-state index in [1.165, 1.54) is 16.4 Å². The molecule has 4 nitrogen and oxygen atoms in total. The molecule has 1 heterocycles. The number of halogens is 1. The van der Waals surface area contributed by atoms with Gasteiger partial charge in [0.05, 0.1) is 16.6 Å². The fraction of sp³-hybridized carbons (Fsp3) is 0.368. The van der Waals surface area contributed by atoms with Crippen LogP contribution in [0.2, 0.25) is 0 Å². The van der Waals surface area contributed by atoms with Crippen molar-refractivity contribution >= 4 is 15.7 Å². The first-order valence-electron chi connectivity index (χ1n) is 8.14. The molecule has 6 heteroatoms. The number of aryl methyl sites for hydroxylation is 1. The van der Waals surface area contributed by atoms with Gasteiger partial charge in [-0.25, -0.2) is 12.8 Å². The number of sulfonamides is 1. The van der Waals surface area contributed by atoms with Crippen LogP contribution in [0.15, 0.2) is 47.4 Å². The molecule has 0 fully saturated rings. The van der Waals surface area contributed by atoms with E-state index in [4.69, 9.17) is 4.74 Å². The standard InChI is InChI=1S/C19H22FNO3S/c1-13-5-10-17-16(11-13)21(18(12-24-17)19(2,3)4)25(22,23)15-8-6-14(20)7-9-15/h5-11,18H,12H2,1-4H3/t18-/m1/s1. The van der Waals surface area contributed by atoms with E-state index in [9.17, 15) is 12.8 Å². The summed E-state index contributed by atoms with van der Waals surface area (Å²) in [6.45, 7) is 8.11. The molecule has 1 aliphatic heterocycles. The Kier molecular flexibility index (Phi) is 4.27. The third-order valence-electron chi connectivity index (χ3n) is 4.40. The van der Waals surface area contributed by atoms with E-state index < -0.39 is 15.8 Å². The molecular formula is C19H22FNO3S. The molecule has 0 amide bonds. The zero-order chi connectivity index (χ0) is 18.4. The lowest BCUT2D eigenvalue weighted by Crippen LogP contribution is -2.53. The normalized spacial score (nSPS) is 17.8. The van der Waals surface area contributed by atoms with Gasteiger partial charge in [-0.1, -0.05) is 26.8 Å². The number of anilines is 1. The van der Waals surface area contributed by atoms with Gasteiger partial charge in [-0.3, -0.25) is 4.31 Å². The number of hydrogen-bond donors (Lipinski definition) is 0. The highest BCUT2D eigenvalue weighted by molar-refractivity contribution is 7.92. The molecule has 0 N–H and O–H groups in total. The molecule has 0 radical (unpaired) electrons. The Bertz CT molecular complexity index is 886. The fourth-order valence-electron chi connectivity index (χ4n) is 2.94. The summed E-state index contributed by atoms with van der Waals surface area (Å²) in [5.74, 6) is 0.0707. The van der Waals surface area contributed by atoms with Crippen molar-refractivity contribution in [1.82, 2.24) is 0 Å². The molecule has 0 unspecified atom stereocenters. The second kappa shape index (κ2) is 6.02. The van der Waals surface area contributed by atoms with Crippen LogP contribution >= 0.6 is 0 Å². The van der Waals surface area contributed by atoms with Gasteiger partial charge in [-0.05, 0) is 54.3 Å². The minimum absolute atomic E-state index is 0.0671. The third-order valence-corrected chi connectivity index (χ3v) is 6.24. The minimum Gasteiger partial charge on any atom is -0.489 e. The van der Waals surface area contributed by atoms with Crippen molar-refractivity contribution in [2.75, 3.05) is 10.9 Å². The third kappa shape index (κ3) is 3.23. The molecule has 0 saturated carbocycles. The highest BCUT2D eigenvalue weighted by atomic mass is 32.2. The van der Waals surface area contributed by atoms with E-state index in [1.807, 2.05) is 39.8 Å². The van der Waals surface area contributed by atoms with E-state index >= 15 is 0 Å². The summed E-state index contributed by atoms with van der Waals surface area (Å²) < 4.78 is 47.3. The summed E-state index contributed by atoms with van der Waals surface area (Å²) >= 11 is 0. The summed E-state index contributed by atoms with van der Waals surface area (Å²) in [5, 5.41) is 0. The molecule has 1 atom stereocenters. The van der Waals surface area contributed by atoms with Gasteiger partial charge in [0.25, 0.3) is 10.0 Å². The molecular weight excluding hydrogens is 341 g/mol. The average Bonchev–Trinajstić information content (AvgIpc) is 2.53. The van der Waals surface area contributed by atoms with Gasteiger partial charge in [0.2, 0.25) is 0 Å². The van der Waals surface area contributed by atoms with Crippen molar-refractivity contribution in [3.63, 3.8) is 0 Å². The maximum absolute atomic E-state index is 13.4. The van der Waals surface area contributed by atoms with Crippen LogP contribution < -0.4 is 9.04 Å². The van der Waals surface area contributed by atoms with Crippen molar-refractivity contribution in [3.8, 4) is 5.75 Å². The van der Waals surface area contributed by atoms with Crippen molar-refractivity contribution in [2.24, 2.45) is 5.41 Å². The molecule has 1 aliphatic rings.